The molecule has 2 heteroatoms. The van der Waals surface area contributed by atoms with Crippen LogP contribution in [0.5, 0.6) is 0 Å². The lowest BCUT2D eigenvalue weighted by Crippen LogP contribution is -2.42. The zero-order chi connectivity index (χ0) is 11.2. The molecule has 2 atom stereocenters. The molecule has 1 N–H and O–H groups in total. The molecule has 2 aliphatic rings. The van der Waals surface area contributed by atoms with Gasteiger partial charge in [0.15, 0.2) is 0 Å². The van der Waals surface area contributed by atoms with Gasteiger partial charge in [-0.05, 0) is 44.7 Å². The molecule has 94 valence electrons. The predicted octanol–water partition coefficient (Wildman–Crippen LogP) is 2.64. The highest BCUT2D eigenvalue weighted by atomic mass is 15.1. The van der Waals surface area contributed by atoms with Crippen LogP contribution in [0, 0.1) is 5.92 Å². The van der Waals surface area contributed by atoms with Crippen molar-refractivity contribution in [2.24, 2.45) is 5.92 Å². The zero-order valence-corrected chi connectivity index (χ0v) is 10.9. The largest absolute Gasteiger partial charge is 0.312 e. The van der Waals surface area contributed by atoms with Gasteiger partial charge in [0.1, 0.15) is 0 Å². The monoisotopic (exact) mass is 224 g/mol. The summed E-state index contributed by atoms with van der Waals surface area (Å²) in [6, 6.07) is 0.804. The van der Waals surface area contributed by atoms with Crippen molar-refractivity contribution >= 4 is 0 Å². The first-order valence-corrected chi connectivity index (χ1v) is 7.32. The van der Waals surface area contributed by atoms with E-state index in [1.807, 2.05) is 0 Å². The third-order valence-corrected chi connectivity index (χ3v) is 4.39. The van der Waals surface area contributed by atoms with Gasteiger partial charge in [0.2, 0.25) is 0 Å². The SMILES string of the molecule is CC1CCCCC1NCCN1CCCCC1. The Bertz CT molecular complexity index is 187. The standard InChI is InChI=1S/C14H28N2/c1-13-7-3-4-8-14(13)15-9-12-16-10-5-2-6-11-16/h13-15H,2-12H2,1H3. The van der Waals surface area contributed by atoms with Crippen LogP contribution >= 0.6 is 0 Å². The van der Waals surface area contributed by atoms with E-state index in [0.717, 1.165) is 12.0 Å². The summed E-state index contributed by atoms with van der Waals surface area (Å²) < 4.78 is 0. The Kier molecular flexibility index (Phi) is 5.11. The number of nitrogens with zero attached hydrogens (tertiary/aromatic N) is 1. The third-order valence-electron chi connectivity index (χ3n) is 4.39. The number of likely N-dealkylation sites (tertiary alicyclic amines) is 1. The van der Waals surface area contributed by atoms with Crippen molar-refractivity contribution in [2.45, 2.75) is 57.9 Å². The molecule has 0 bridgehead atoms. The summed E-state index contributed by atoms with van der Waals surface area (Å²) in [4.78, 5) is 2.63. The van der Waals surface area contributed by atoms with Crippen LogP contribution in [0.15, 0.2) is 0 Å². The second-order valence-electron chi connectivity index (χ2n) is 5.72. The van der Waals surface area contributed by atoms with Gasteiger partial charge < -0.3 is 10.2 Å². The highest BCUT2D eigenvalue weighted by molar-refractivity contribution is 4.78. The van der Waals surface area contributed by atoms with E-state index in [4.69, 9.17) is 0 Å². The molecule has 16 heavy (non-hydrogen) atoms. The second kappa shape index (κ2) is 6.61. The van der Waals surface area contributed by atoms with Crippen LogP contribution in [-0.2, 0) is 0 Å². The van der Waals surface area contributed by atoms with Crippen molar-refractivity contribution in [3.05, 3.63) is 0 Å². The molecule has 0 spiro atoms. The van der Waals surface area contributed by atoms with Crippen LogP contribution in [0.1, 0.15) is 51.9 Å². The van der Waals surface area contributed by atoms with Gasteiger partial charge in [0.25, 0.3) is 0 Å². The van der Waals surface area contributed by atoms with Crippen LogP contribution in [0.4, 0.5) is 0 Å². The molecule has 1 aliphatic carbocycles. The average molecular weight is 224 g/mol. The van der Waals surface area contributed by atoms with Gasteiger partial charge in [-0.2, -0.15) is 0 Å². The van der Waals surface area contributed by atoms with E-state index in [2.05, 4.69) is 17.1 Å². The summed E-state index contributed by atoms with van der Waals surface area (Å²) in [7, 11) is 0. The Hall–Kier alpha value is -0.0800. The lowest BCUT2D eigenvalue weighted by atomic mass is 9.86. The minimum Gasteiger partial charge on any atom is -0.312 e. The van der Waals surface area contributed by atoms with E-state index in [1.165, 1.54) is 71.1 Å². The molecule has 2 rings (SSSR count). The molecule has 0 aromatic rings. The molecule has 2 nitrogen and oxygen atoms in total. The Morgan fingerprint density at radius 3 is 2.50 bits per heavy atom. The smallest absolute Gasteiger partial charge is 0.0107 e. The van der Waals surface area contributed by atoms with E-state index in [0.29, 0.717) is 0 Å². The Labute approximate surface area is 101 Å². The topological polar surface area (TPSA) is 15.3 Å². The van der Waals surface area contributed by atoms with Gasteiger partial charge in [-0.15, -0.1) is 0 Å². The number of rotatable bonds is 4. The van der Waals surface area contributed by atoms with Crippen LogP contribution < -0.4 is 5.32 Å². The van der Waals surface area contributed by atoms with Gasteiger partial charge in [0, 0.05) is 19.1 Å². The van der Waals surface area contributed by atoms with Gasteiger partial charge >= 0.3 is 0 Å². The van der Waals surface area contributed by atoms with Crippen molar-refractivity contribution < 1.29 is 0 Å². The fourth-order valence-electron chi connectivity index (χ4n) is 3.21. The summed E-state index contributed by atoms with van der Waals surface area (Å²) in [6.07, 6.45) is 10.0. The highest BCUT2D eigenvalue weighted by Crippen LogP contribution is 2.23. The maximum Gasteiger partial charge on any atom is 0.0107 e. The summed E-state index contributed by atoms with van der Waals surface area (Å²) in [5, 5.41) is 3.78. The van der Waals surface area contributed by atoms with Crippen molar-refractivity contribution in [2.75, 3.05) is 26.2 Å². The number of piperidine rings is 1. The molecule has 1 saturated heterocycles. The van der Waals surface area contributed by atoms with E-state index < -0.39 is 0 Å². The molecule has 1 heterocycles. The first kappa shape index (κ1) is 12.4. The maximum absolute atomic E-state index is 3.78. The zero-order valence-electron chi connectivity index (χ0n) is 10.9. The average Bonchev–Trinajstić information content (AvgIpc) is 2.33. The van der Waals surface area contributed by atoms with Crippen molar-refractivity contribution in [3.8, 4) is 0 Å². The van der Waals surface area contributed by atoms with E-state index in [-0.39, 0.29) is 0 Å². The van der Waals surface area contributed by atoms with Crippen molar-refractivity contribution in [3.63, 3.8) is 0 Å². The predicted molar refractivity (Wildman–Crippen MR) is 69.7 cm³/mol. The fourth-order valence-corrected chi connectivity index (χ4v) is 3.21. The quantitative estimate of drug-likeness (QED) is 0.790. The van der Waals surface area contributed by atoms with E-state index >= 15 is 0 Å². The van der Waals surface area contributed by atoms with Crippen LogP contribution in [0.25, 0.3) is 0 Å². The Morgan fingerprint density at radius 1 is 1.00 bits per heavy atom. The Morgan fingerprint density at radius 2 is 1.75 bits per heavy atom. The van der Waals surface area contributed by atoms with Gasteiger partial charge in [-0.25, -0.2) is 0 Å². The lowest BCUT2D eigenvalue weighted by Gasteiger charge is -2.31. The summed E-state index contributed by atoms with van der Waals surface area (Å²) >= 11 is 0. The lowest BCUT2D eigenvalue weighted by molar-refractivity contribution is 0.213. The first-order chi connectivity index (χ1) is 7.86. The van der Waals surface area contributed by atoms with Gasteiger partial charge in [0.05, 0.1) is 0 Å². The van der Waals surface area contributed by atoms with Crippen LogP contribution in [-0.4, -0.2) is 37.1 Å². The molecule has 2 fully saturated rings. The second-order valence-corrected chi connectivity index (χ2v) is 5.72. The highest BCUT2D eigenvalue weighted by Gasteiger charge is 2.20. The first-order valence-electron chi connectivity index (χ1n) is 7.32. The Balaban J connectivity index is 1.59. The van der Waals surface area contributed by atoms with E-state index in [1.54, 1.807) is 0 Å². The molecular weight excluding hydrogens is 196 g/mol. The molecule has 1 aliphatic heterocycles. The number of nitrogens with one attached hydrogen (secondary N) is 1. The molecule has 2 unspecified atom stereocenters. The van der Waals surface area contributed by atoms with Crippen molar-refractivity contribution in [1.29, 1.82) is 0 Å². The molecular formula is C14H28N2. The third kappa shape index (κ3) is 3.74. The summed E-state index contributed by atoms with van der Waals surface area (Å²) in [5.41, 5.74) is 0. The van der Waals surface area contributed by atoms with Gasteiger partial charge in [-0.3, -0.25) is 0 Å². The normalized spacial score (nSPS) is 32.8. The molecule has 0 amide bonds. The molecule has 0 radical (unpaired) electrons. The van der Waals surface area contributed by atoms with Crippen LogP contribution in [0.3, 0.4) is 0 Å². The number of hydrogen-bond donors (Lipinski definition) is 1. The summed E-state index contributed by atoms with van der Waals surface area (Å²) in [5.74, 6) is 0.898. The molecule has 1 saturated carbocycles. The van der Waals surface area contributed by atoms with Crippen LogP contribution in [0.2, 0.25) is 0 Å². The van der Waals surface area contributed by atoms with Crippen molar-refractivity contribution in [1.82, 2.24) is 10.2 Å². The minimum atomic E-state index is 0.804. The van der Waals surface area contributed by atoms with E-state index in [9.17, 15) is 0 Å². The molecule has 0 aromatic heterocycles. The van der Waals surface area contributed by atoms with Gasteiger partial charge in [-0.1, -0.05) is 26.2 Å². The number of hydrogen-bond acceptors (Lipinski definition) is 2. The minimum absolute atomic E-state index is 0.804. The molecule has 0 aromatic carbocycles. The summed E-state index contributed by atoms with van der Waals surface area (Å²) in [6.45, 7) is 7.56. The maximum atomic E-state index is 3.78. The fraction of sp³-hybridized carbons (Fsp3) is 1.00.